The summed E-state index contributed by atoms with van der Waals surface area (Å²) in [5.41, 5.74) is 0.715. The highest BCUT2D eigenvalue weighted by molar-refractivity contribution is 7.89. The van der Waals surface area contributed by atoms with E-state index in [-0.39, 0.29) is 29.0 Å². The predicted octanol–water partition coefficient (Wildman–Crippen LogP) is 2.55. The van der Waals surface area contributed by atoms with Gasteiger partial charge in [0.15, 0.2) is 11.5 Å². The fourth-order valence-corrected chi connectivity index (χ4v) is 4.79. The third-order valence-electron chi connectivity index (χ3n) is 5.81. The van der Waals surface area contributed by atoms with E-state index >= 15 is 0 Å². The first kappa shape index (κ1) is 24.0. The monoisotopic (exact) mass is 484 g/mol. The average Bonchev–Trinajstić information content (AvgIpc) is 2.83. The molecule has 3 aromatic rings. The molecule has 34 heavy (non-hydrogen) atoms. The molecule has 10 heteroatoms. The van der Waals surface area contributed by atoms with E-state index in [1.165, 1.54) is 30.5 Å². The summed E-state index contributed by atoms with van der Waals surface area (Å²) in [5.74, 6) is 0.443. The highest BCUT2D eigenvalue weighted by atomic mass is 32.2. The predicted molar refractivity (Wildman–Crippen MR) is 128 cm³/mol. The Hall–Kier alpha value is -3.18. The Labute approximate surface area is 199 Å². The second kappa shape index (κ2) is 10.4. The third kappa shape index (κ3) is 5.84. The van der Waals surface area contributed by atoms with E-state index in [0.29, 0.717) is 17.2 Å². The summed E-state index contributed by atoms with van der Waals surface area (Å²) in [4.78, 5) is 8.53. The van der Waals surface area contributed by atoms with Gasteiger partial charge in [-0.15, -0.1) is 0 Å². The summed E-state index contributed by atoms with van der Waals surface area (Å²) in [7, 11) is -1.80. The lowest BCUT2D eigenvalue weighted by atomic mass is 10.0. The van der Waals surface area contributed by atoms with Crippen molar-refractivity contribution in [3.8, 4) is 23.1 Å². The van der Waals surface area contributed by atoms with Crippen molar-refractivity contribution in [2.75, 3.05) is 39.8 Å². The molecule has 1 atom stereocenters. The first-order valence-electron chi connectivity index (χ1n) is 10.9. The highest BCUT2D eigenvalue weighted by Gasteiger charge is 2.27. The molecule has 1 unspecified atom stereocenters. The van der Waals surface area contributed by atoms with E-state index in [1.807, 2.05) is 25.2 Å². The van der Waals surface area contributed by atoms with Gasteiger partial charge in [0, 0.05) is 44.8 Å². The molecule has 3 N–H and O–H groups in total. The number of sulfonamides is 1. The number of nitrogens with zero attached hydrogens (tertiary/aromatic N) is 3. The van der Waals surface area contributed by atoms with E-state index in [0.717, 1.165) is 26.2 Å². The van der Waals surface area contributed by atoms with Gasteiger partial charge in [0.25, 0.3) is 0 Å². The Kier molecular flexibility index (Phi) is 7.32. The second-order valence-corrected chi connectivity index (χ2v) is 9.97. The summed E-state index contributed by atoms with van der Waals surface area (Å²) in [5, 5.41) is 19.7. The minimum absolute atomic E-state index is 0.0265. The van der Waals surface area contributed by atoms with Gasteiger partial charge in [-0.25, -0.2) is 18.1 Å². The minimum Gasteiger partial charge on any atom is -0.504 e. The van der Waals surface area contributed by atoms with Crippen molar-refractivity contribution in [1.82, 2.24) is 19.5 Å². The van der Waals surface area contributed by atoms with Crippen LogP contribution in [0.5, 0.6) is 23.1 Å². The van der Waals surface area contributed by atoms with Gasteiger partial charge >= 0.3 is 0 Å². The summed E-state index contributed by atoms with van der Waals surface area (Å²) in [6, 6.07) is 16.3. The molecule has 1 aliphatic rings. The minimum atomic E-state index is -3.84. The van der Waals surface area contributed by atoms with Crippen molar-refractivity contribution in [2.24, 2.45) is 0 Å². The Bertz CT molecular complexity index is 1200. The van der Waals surface area contributed by atoms with Gasteiger partial charge in [0.1, 0.15) is 10.6 Å². The molecule has 4 rings (SSSR count). The Morgan fingerprint density at radius 2 is 1.74 bits per heavy atom. The van der Waals surface area contributed by atoms with Crippen molar-refractivity contribution in [2.45, 2.75) is 10.9 Å². The molecule has 1 saturated heterocycles. The van der Waals surface area contributed by atoms with Crippen LogP contribution in [-0.4, -0.2) is 73.2 Å². The quantitative estimate of drug-likeness (QED) is 0.418. The molecule has 0 bridgehead atoms. The van der Waals surface area contributed by atoms with Crippen molar-refractivity contribution in [1.29, 1.82) is 0 Å². The van der Waals surface area contributed by atoms with Crippen LogP contribution in [-0.2, 0) is 10.0 Å². The number of ether oxygens (including phenoxy) is 1. The zero-order valence-electron chi connectivity index (χ0n) is 18.8. The van der Waals surface area contributed by atoms with Crippen LogP contribution in [0, 0.1) is 0 Å². The Morgan fingerprint density at radius 3 is 2.38 bits per heavy atom. The van der Waals surface area contributed by atoms with Gasteiger partial charge in [-0.05, 0) is 42.9 Å². The maximum atomic E-state index is 13.0. The maximum absolute atomic E-state index is 13.0. The molecule has 2 aromatic carbocycles. The number of rotatable bonds is 8. The van der Waals surface area contributed by atoms with Gasteiger partial charge in [0.05, 0.1) is 6.20 Å². The number of nitrogens with one attached hydrogen (secondary N) is 1. The first-order valence-corrected chi connectivity index (χ1v) is 12.4. The number of phenols is 2. The number of phenolic OH excluding ortho intramolecular Hbond substituents is 2. The van der Waals surface area contributed by atoms with Gasteiger partial charge in [-0.2, -0.15) is 0 Å². The molecule has 1 aliphatic heterocycles. The van der Waals surface area contributed by atoms with E-state index in [4.69, 9.17) is 4.74 Å². The molecule has 0 aliphatic carbocycles. The standard InChI is InChI=1S/C24H28N4O5S/c1-27-11-13-28(14-12-27)21(18-7-9-22(29)23(30)15-18)17-26-34(31,32)20-8-10-24(25-16-20)33-19-5-3-2-4-6-19/h2-10,15-16,21,26,29-30H,11-14,17H2,1H3. The van der Waals surface area contributed by atoms with Crippen LogP contribution in [0.1, 0.15) is 11.6 Å². The molecule has 0 spiro atoms. The normalized spacial score (nSPS) is 16.3. The molecule has 1 fully saturated rings. The SMILES string of the molecule is CN1CCN(C(CNS(=O)(=O)c2ccc(Oc3ccccc3)nc2)c2ccc(O)c(O)c2)CC1. The van der Waals surface area contributed by atoms with Crippen LogP contribution in [0.4, 0.5) is 0 Å². The van der Waals surface area contributed by atoms with Crippen LogP contribution >= 0.6 is 0 Å². The van der Waals surface area contributed by atoms with Crippen LogP contribution in [0.25, 0.3) is 0 Å². The number of para-hydroxylation sites is 1. The van der Waals surface area contributed by atoms with Gasteiger partial charge in [0.2, 0.25) is 15.9 Å². The topological polar surface area (TPSA) is 115 Å². The lowest BCUT2D eigenvalue weighted by molar-refractivity contribution is 0.112. The Balaban J connectivity index is 1.48. The third-order valence-corrected chi connectivity index (χ3v) is 7.22. The summed E-state index contributed by atoms with van der Waals surface area (Å²) in [6.07, 6.45) is 1.26. The second-order valence-electron chi connectivity index (χ2n) is 8.20. The van der Waals surface area contributed by atoms with Crippen molar-refractivity contribution < 1.29 is 23.4 Å². The first-order chi connectivity index (χ1) is 16.3. The molecule has 2 heterocycles. The Morgan fingerprint density at radius 1 is 1.00 bits per heavy atom. The zero-order valence-corrected chi connectivity index (χ0v) is 19.6. The van der Waals surface area contributed by atoms with Crippen molar-refractivity contribution in [3.05, 3.63) is 72.4 Å². The molecule has 0 saturated carbocycles. The van der Waals surface area contributed by atoms with Crippen LogP contribution in [0.3, 0.4) is 0 Å². The fourth-order valence-electron chi connectivity index (χ4n) is 3.81. The molecule has 9 nitrogen and oxygen atoms in total. The largest absolute Gasteiger partial charge is 0.504 e. The van der Waals surface area contributed by atoms with Gasteiger partial charge < -0.3 is 19.8 Å². The highest BCUT2D eigenvalue weighted by Crippen LogP contribution is 2.31. The van der Waals surface area contributed by atoms with Gasteiger partial charge in [-0.3, -0.25) is 4.90 Å². The maximum Gasteiger partial charge on any atom is 0.242 e. The summed E-state index contributed by atoms with van der Waals surface area (Å²) < 4.78 is 34.3. The number of benzene rings is 2. The number of aromatic hydroxyl groups is 2. The number of pyridine rings is 1. The van der Waals surface area contributed by atoms with E-state index in [1.54, 1.807) is 18.2 Å². The lowest BCUT2D eigenvalue weighted by Gasteiger charge is -2.38. The molecule has 1 aromatic heterocycles. The van der Waals surface area contributed by atoms with E-state index < -0.39 is 10.0 Å². The summed E-state index contributed by atoms with van der Waals surface area (Å²) >= 11 is 0. The number of likely N-dealkylation sites (N-methyl/N-ethyl adjacent to an activating group) is 1. The van der Waals surface area contributed by atoms with Crippen LogP contribution in [0.2, 0.25) is 0 Å². The number of hydrogen-bond acceptors (Lipinski definition) is 8. The fraction of sp³-hybridized carbons (Fsp3) is 0.292. The number of piperazine rings is 1. The van der Waals surface area contributed by atoms with Crippen LogP contribution in [0.15, 0.2) is 71.8 Å². The molecule has 0 amide bonds. The smallest absolute Gasteiger partial charge is 0.242 e. The molecular formula is C24H28N4O5S. The van der Waals surface area contributed by atoms with Crippen LogP contribution < -0.4 is 9.46 Å². The lowest BCUT2D eigenvalue weighted by Crippen LogP contribution is -2.48. The van der Waals surface area contributed by atoms with E-state index in [2.05, 4.69) is 19.5 Å². The number of aromatic nitrogens is 1. The van der Waals surface area contributed by atoms with Crippen molar-refractivity contribution >= 4 is 10.0 Å². The van der Waals surface area contributed by atoms with Crippen molar-refractivity contribution in [3.63, 3.8) is 0 Å². The molecule has 180 valence electrons. The van der Waals surface area contributed by atoms with E-state index in [9.17, 15) is 18.6 Å². The average molecular weight is 485 g/mol. The molecular weight excluding hydrogens is 456 g/mol. The zero-order chi connectivity index (χ0) is 24.1. The summed E-state index contributed by atoms with van der Waals surface area (Å²) in [6.45, 7) is 3.29. The number of hydrogen-bond donors (Lipinski definition) is 3. The van der Waals surface area contributed by atoms with Gasteiger partial charge in [-0.1, -0.05) is 24.3 Å². The molecule has 0 radical (unpaired) electrons.